The van der Waals surface area contributed by atoms with Crippen LogP contribution in [-0.4, -0.2) is 23.9 Å². The Hall–Kier alpha value is -3.05. The molecule has 0 saturated carbocycles. The molecular formula is C27H28F2N2O. The van der Waals surface area contributed by atoms with Crippen molar-refractivity contribution in [2.24, 2.45) is 5.92 Å². The molecular weight excluding hydrogens is 406 g/mol. The molecule has 0 aliphatic carbocycles. The number of benzene rings is 3. The van der Waals surface area contributed by atoms with E-state index in [2.05, 4.69) is 16.3 Å². The standard InChI is InChI=1S/C27H28F2N2O/c1-18-15-19(2)17-25(16-18)30-27(32)22-11-13-31(14-12-22)26(20-3-7-23(28)8-4-20)21-5-9-24(29)10-6-21/h3-10,15-17,22,26H,11-14H2,1-2H3,(H,30,32). The van der Waals surface area contributed by atoms with Gasteiger partial charge in [-0.1, -0.05) is 30.3 Å². The minimum Gasteiger partial charge on any atom is -0.326 e. The number of likely N-dealkylation sites (tertiary alicyclic amines) is 1. The molecule has 0 unspecified atom stereocenters. The molecule has 1 aliphatic heterocycles. The summed E-state index contributed by atoms with van der Waals surface area (Å²) in [5.41, 5.74) is 4.99. The number of amides is 1. The second-order valence-corrected chi connectivity index (χ2v) is 8.68. The lowest BCUT2D eigenvalue weighted by molar-refractivity contribution is -0.121. The van der Waals surface area contributed by atoms with Gasteiger partial charge in [0.1, 0.15) is 11.6 Å². The van der Waals surface area contributed by atoms with Crippen molar-refractivity contribution >= 4 is 11.6 Å². The SMILES string of the molecule is Cc1cc(C)cc(NC(=O)C2CCN(C(c3ccc(F)cc3)c3ccc(F)cc3)CC2)c1. The average molecular weight is 435 g/mol. The molecule has 4 rings (SSSR count). The topological polar surface area (TPSA) is 32.3 Å². The van der Waals surface area contributed by atoms with Gasteiger partial charge in [0.05, 0.1) is 6.04 Å². The predicted octanol–water partition coefficient (Wildman–Crippen LogP) is 6.02. The van der Waals surface area contributed by atoms with Crippen LogP contribution in [0.4, 0.5) is 14.5 Å². The van der Waals surface area contributed by atoms with Crippen molar-refractivity contribution in [1.82, 2.24) is 4.90 Å². The molecule has 0 bridgehead atoms. The van der Waals surface area contributed by atoms with Gasteiger partial charge in [0, 0.05) is 11.6 Å². The Balaban J connectivity index is 1.47. The van der Waals surface area contributed by atoms with E-state index in [1.54, 1.807) is 24.3 Å². The van der Waals surface area contributed by atoms with Crippen molar-refractivity contribution in [3.8, 4) is 0 Å². The highest BCUT2D eigenvalue weighted by Gasteiger charge is 2.30. The lowest BCUT2D eigenvalue weighted by Gasteiger charge is -2.37. The Morgan fingerprint density at radius 1 is 0.844 bits per heavy atom. The van der Waals surface area contributed by atoms with Gasteiger partial charge in [0.15, 0.2) is 0 Å². The van der Waals surface area contributed by atoms with Crippen molar-refractivity contribution in [3.05, 3.63) is 101 Å². The van der Waals surface area contributed by atoms with Gasteiger partial charge >= 0.3 is 0 Å². The first-order chi connectivity index (χ1) is 15.4. The first-order valence-corrected chi connectivity index (χ1v) is 11.0. The smallest absolute Gasteiger partial charge is 0.227 e. The van der Waals surface area contributed by atoms with E-state index < -0.39 is 0 Å². The summed E-state index contributed by atoms with van der Waals surface area (Å²) < 4.78 is 27.0. The molecule has 0 aromatic heterocycles. The van der Waals surface area contributed by atoms with E-state index >= 15 is 0 Å². The quantitative estimate of drug-likeness (QED) is 0.532. The van der Waals surface area contributed by atoms with Crippen LogP contribution in [-0.2, 0) is 4.79 Å². The van der Waals surface area contributed by atoms with E-state index in [0.717, 1.165) is 53.9 Å². The molecule has 0 atom stereocenters. The van der Waals surface area contributed by atoms with Gasteiger partial charge < -0.3 is 5.32 Å². The third-order valence-electron chi connectivity index (χ3n) is 6.13. The van der Waals surface area contributed by atoms with Crippen LogP contribution in [0.5, 0.6) is 0 Å². The van der Waals surface area contributed by atoms with Gasteiger partial charge in [0.2, 0.25) is 5.91 Å². The highest BCUT2D eigenvalue weighted by molar-refractivity contribution is 5.92. The van der Waals surface area contributed by atoms with Gasteiger partial charge in [-0.25, -0.2) is 8.78 Å². The van der Waals surface area contributed by atoms with Crippen LogP contribution in [0, 0.1) is 31.4 Å². The molecule has 166 valence electrons. The molecule has 1 heterocycles. The summed E-state index contributed by atoms with van der Waals surface area (Å²) in [6.07, 6.45) is 1.46. The second kappa shape index (κ2) is 9.61. The van der Waals surface area contributed by atoms with Gasteiger partial charge in [-0.3, -0.25) is 9.69 Å². The molecule has 3 nitrogen and oxygen atoms in total. The van der Waals surface area contributed by atoms with E-state index in [1.165, 1.54) is 24.3 Å². The van der Waals surface area contributed by atoms with Crippen LogP contribution in [0.25, 0.3) is 0 Å². The van der Waals surface area contributed by atoms with Crippen LogP contribution < -0.4 is 5.32 Å². The number of aryl methyl sites for hydroxylation is 2. The lowest BCUT2D eigenvalue weighted by Crippen LogP contribution is -2.40. The zero-order chi connectivity index (χ0) is 22.7. The van der Waals surface area contributed by atoms with E-state index in [-0.39, 0.29) is 29.5 Å². The first-order valence-electron chi connectivity index (χ1n) is 11.0. The predicted molar refractivity (Wildman–Crippen MR) is 123 cm³/mol. The summed E-state index contributed by atoms with van der Waals surface area (Å²) >= 11 is 0. The minimum absolute atomic E-state index is 0.0507. The molecule has 1 N–H and O–H groups in total. The molecule has 3 aromatic carbocycles. The average Bonchev–Trinajstić information content (AvgIpc) is 2.76. The highest BCUT2D eigenvalue weighted by Crippen LogP contribution is 2.33. The third-order valence-corrected chi connectivity index (χ3v) is 6.13. The number of nitrogens with zero attached hydrogens (tertiary/aromatic N) is 1. The number of rotatable bonds is 5. The van der Waals surface area contributed by atoms with Crippen LogP contribution >= 0.6 is 0 Å². The molecule has 1 saturated heterocycles. The fourth-order valence-electron chi connectivity index (χ4n) is 4.62. The maximum Gasteiger partial charge on any atom is 0.227 e. The summed E-state index contributed by atoms with van der Waals surface area (Å²) in [4.78, 5) is 15.2. The van der Waals surface area contributed by atoms with Crippen molar-refractivity contribution in [3.63, 3.8) is 0 Å². The molecule has 3 aromatic rings. The van der Waals surface area contributed by atoms with Crippen molar-refractivity contribution in [1.29, 1.82) is 0 Å². The van der Waals surface area contributed by atoms with Crippen LogP contribution in [0.3, 0.4) is 0 Å². The Bertz CT molecular complexity index is 1010. The van der Waals surface area contributed by atoms with Gasteiger partial charge in [-0.2, -0.15) is 0 Å². The number of nitrogens with one attached hydrogen (secondary N) is 1. The summed E-state index contributed by atoms with van der Waals surface area (Å²) in [6.45, 7) is 5.49. The van der Waals surface area contributed by atoms with Crippen LogP contribution in [0.1, 0.15) is 41.1 Å². The van der Waals surface area contributed by atoms with Crippen molar-refractivity contribution < 1.29 is 13.6 Å². The molecule has 5 heteroatoms. The Morgan fingerprint density at radius 3 is 1.78 bits per heavy atom. The zero-order valence-electron chi connectivity index (χ0n) is 18.4. The number of piperidine rings is 1. The number of hydrogen-bond donors (Lipinski definition) is 1. The van der Waals surface area contributed by atoms with Crippen LogP contribution in [0.2, 0.25) is 0 Å². The molecule has 1 amide bonds. The normalized spacial score (nSPS) is 15.2. The Kier molecular flexibility index (Phi) is 6.66. The maximum atomic E-state index is 13.5. The molecule has 1 aliphatic rings. The third kappa shape index (κ3) is 5.22. The number of halogens is 2. The second-order valence-electron chi connectivity index (χ2n) is 8.68. The largest absolute Gasteiger partial charge is 0.326 e. The summed E-state index contributed by atoms with van der Waals surface area (Å²) in [5.74, 6) is -0.578. The van der Waals surface area contributed by atoms with Crippen LogP contribution in [0.15, 0.2) is 66.7 Å². The number of hydrogen-bond acceptors (Lipinski definition) is 2. The van der Waals surface area contributed by atoms with Gasteiger partial charge in [-0.15, -0.1) is 0 Å². The molecule has 0 radical (unpaired) electrons. The summed E-state index contributed by atoms with van der Waals surface area (Å²) in [7, 11) is 0. The highest BCUT2D eigenvalue weighted by atomic mass is 19.1. The van der Waals surface area contributed by atoms with Gasteiger partial charge in [-0.05, 0) is 98.4 Å². The van der Waals surface area contributed by atoms with E-state index in [1.807, 2.05) is 26.0 Å². The molecule has 32 heavy (non-hydrogen) atoms. The van der Waals surface area contributed by atoms with E-state index in [0.29, 0.717) is 0 Å². The zero-order valence-corrected chi connectivity index (χ0v) is 18.4. The Labute approximate surface area is 188 Å². The number of carbonyl (C=O) groups is 1. The fraction of sp³-hybridized carbons (Fsp3) is 0.296. The lowest BCUT2D eigenvalue weighted by atomic mass is 9.90. The maximum absolute atomic E-state index is 13.5. The van der Waals surface area contributed by atoms with E-state index in [9.17, 15) is 13.6 Å². The fourth-order valence-corrected chi connectivity index (χ4v) is 4.62. The van der Waals surface area contributed by atoms with Crippen molar-refractivity contribution in [2.75, 3.05) is 18.4 Å². The first kappa shape index (κ1) is 22.2. The molecule has 1 fully saturated rings. The van der Waals surface area contributed by atoms with Gasteiger partial charge in [0.25, 0.3) is 0 Å². The number of anilines is 1. The number of carbonyl (C=O) groups excluding carboxylic acids is 1. The van der Waals surface area contributed by atoms with Crippen molar-refractivity contribution in [2.45, 2.75) is 32.7 Å². The van der Waals surface area contributed by atoms with E-state index in [4.69, 9.17) is 0 Å². The minimum atomic E-state index is -0.284. The Morgan fingerprint density at radius 2 is 1.31 bits per heavy atom. The molecule has 0 spiro atoms. The monoisotopic (exact) mass is 434 g/mol. The summed E-state index contributed by atoms with van der Waals surface area (Å²) in [6, 6.07) is 18.9. The summed E-state index contributed by atoms with van der Waals surface area (Å²) in [5, 5.41) is 3.07.